The number of hydrogen-bond donors (Lipinski definition) is 1. The molecule has 1 N–H and O–H groups in total. The number of nitrogens with zero attached hydrogens (tertiary/aromatic N) is 2. The number of carbonyl (C=O) groups excluding carboxylic acids is 3. The first-order valence-electron chi connectivity index (χ1n) is 8.08. The molecule has 0 atom stereocenters. The third-order valence-electron chi connectivity index (χ3n) is 4.55. The highest BCUT2D eigenvalue weighted by Crippen LogP contribution is 2.29. The molecule has 2 aliphatic rings. The lowest BCUT2D eigenvalue weighted by molar-refractivity contribution is -0.147. The van der Waals surface area contributed by atoms with E-state index in [-0.39, 0.29) is 36.8 Å². The fraction of sp³-hybridized carbons (Fsp3) is 0.471. The van der Waals surface area contributed by atoms with E-state index in [2.05, 4.69) is 5.32 Å². The summed E-state index contributed by atoms with van der Waals surface area (Å²) in [7, 11) is 1.40. The SMILES string of the molecule is COC(=O)C1CCN(CC(=O)N2CC(=O)Nc3ccccc32)CC1. The molecule has 7 nitrogen and oxygen atoms in total. The van der Waals surface area contributed by atoms with Crippen molar-refractivity contribution in [1.82, 2.24) is 4.90 Å². The standard InChI is InChI=1S/C17H21N3O4/c1-24-17(23)12-6-8-19(9-7-12)11-16(22)20-10-15(21)18-13-4-2-3-5-14(13)20/h2-5,12H,6-11H2,1H3,(H,18,21). The van der Waals surface area contributed by atoms with E-state index in [1.807, 2.05) is 23.1 Å². The zero-order valence-electron chi connectivity index (χ0n) is 13.7. The molecule has 0 unspecified atom stereocenters. The Morgan fingerprint density at radius 2 is 1.96 bits per heavy atom. The van der Waals surface area contributed by atoms with Gasteiger partial charge in [0.1, 0.15) is 6.54 Å². The van der Waals surface area contributed by atoms with Crippen LogP contribution in [0.15, 0.2) is 24.3 Å². The number of rotatable bonds is 3. The molecule has 1 fully saturated rings. The number of para-hydroxylation sites is 2. The molecule has 1 aromatic carbocycles. The third kappa shape index (κ3) is 3.41. The summed E-state index contributed by atoms with van der Waals surface area (Å²) in [4.78, 5) is 39.6. The number of methoxy groups -OCH3 is 1. The largest absolute Gasteiger partial charge is 0.469 e. The fourth-order valence-electron chi connectivity index (χ4n) is 3.23. The van der Waals surface area contributed by atoms with Gasteiger partial charge in [-0.1, -0.05) is 12.1 Å². The minimum Gasteiger partial charge on any atom is -0.469 e. The summed E-state index contributed by atoms with van der Waals surface area (Å²) in [5, 5.41) is 2.78. The van der Waals surface area contributed by atoms with E-state index in [0.29, 0.717) is 31.6 Å². The van der Waals surface area contributed by atoms with Crippen LogP contribution in [0, 0.1) is 5.92 Å². The number of hydrogen-bond acceptors (Lipinski definition) is 5. The van der Waals surface area contributed by atoms with Gasteiger partial charge in [-0.3, -0.25) is 24.2 Å². The Balaban J connectivity index is 1.62. The zero-order chi connectivity index (χ0) is 17.1. The lowest BCUT2D eigenvalue weighted by Gasteiger charge is -2.34. The van der Waals surface area contributed by atoms with Crippen molar-refractivity contribution in [2.75, 3.05) is 43.5 Å². The lowest BCUT2D eigenvalue weighted by atomic mass is 9.97. The molecule has 1 saturated heterocycles. The Morgan fingerprint density at radius 3 is 2.67 bits per heavy atom. The van der Waals surface area contributed by atoms with Gasteiger partial charge >= 0.3 is 5.97 Å². The van der Waals surface area contributed by atoms with Gasteiger partial charge in [0.2, 0.25) is 11.8 Å². The van der Waals surface area contributed by atoms with Gasteiger partial charge in [-0.25, -0.2) is 0 Å². The van der Waals surface area contributed by atoms with Gasteiger partial charge in [0.25, 0.3) is 0 Å². The maximum atomic E-state index is 12.7. The van der Waals surface area contributed by atoms with E-state index in [9.17, 15) is 14.4 Å². The van der Waals surface area contributed by atoms with Crippen LogP contribution >= 0.6 is 0 Å². The van der Waals surface area contributed by atoms with Crippen molar-refractivity contribution in [3.05, 3.63) is 24.3 Å². The molecule has 0 aromatic heterocycles. The summed E-state index contributed by atoms with van der Waals surface area (Å²) in [6.07, 6.45) is 1.38. The van der Waals surface area contributed by atoms with Crippen LogP contribution in [-0.4, -0.2) is 56.0 Å². The Hall–Kier alpha value is -2.41. The highest BCUT2D eigenvalue weighted by atomic mass is 16.5. The summed E-state index contributed by atoms with van der Waals surface area (Å²) >= 11 is 0. The Labute approximate surface area is 140 Å². The number of anilines is 2. The Morgan fingerprint density at radius 1 is 1.25 bits per heavy atom. The van der Waals surface area contributed by atoms with Crippen molar-refractivity contribution in [3.8, 4) is 0 Å². The smallest absolute Gasteiger partial charge is 0.308 e. The number of carbonyl (C=O) groups is 3. The first-order valence-corrected chi connectivity index (χ1v) is 8.08. The van der Waals surface area contributed by atoms with Gasteiger partial charge in [-0.05, 0) is 38.1 Å². The molecule has 2 aliphatic heterocycles. The Kier molecular flexibility index (Phi) is 4.80. The van der Waals surface area contributed by atoms with Crippen molar-refractivity contribution in [1.29, 1.82) is 0 Å². The monoisotopic (exact) mass is 331 g/mol. The van der Waals surface area contributed by atoms with Gasteiger partial charge in [0.15, 0.2) is 0 Å². The topological polar surface area (TPSA) is 79.0 Å². The molecule has 3 rings (SSSR count). The van der Waals surface area contributed by atoms with Gasteiger partial charge in [0.05, 0.1) is 30.9 Å². The lowest BCUT2D eigenvalue weighted by Crippen LogP contribution is -2.48. The maximum absolute atomic E-state index is 12.7. The van der Waals surface area contributed by atoms with Crippen molar-refractivity contribution < 1.29 is 19.1 Å². The number of esters is 1. The van der Waals surface area contributed by atoms with E-state index >= 15 is 0 Å². The molecular weight excluding hydrogens is 310 g/mol. The van der Waals surface area contributed by atoms with Crippen LogP contribution in [0.4, 0.5) is 11.4 Å². The molecule has 0 bridgehead atoms. The first-order chi connectivity index (χ1) is 11.6. The number of piperidine rings is 1. The number of amides is 2. The molecule has 0 saturated carbocycles. The predicted octanol–water partition coefficient (Wildman–Crippen LogP) is 0.857. The quantitative estimate of drug-likeness (QED) is 0.831. The normalized spacial score (nSPS) is 18.7. The van der Waals surface area contributed by atoms with Crippen LogP contribution in [0.3, 0.4) is 0 Å². The average molecular weight is 331 g/mol. The molecule has 128 valence electrons. The van der Waals surface area contributed by atoms with Gasteiger partial charge < -0.3 is 10.1 Å². The second kappa shape index (κ2) is 7.00. The zero-order valence-corrected chi connectivity index (χ0v) is 13.7. The number of ether oxygens (including phenoxy) is 1. The highest BCUT2D eigenvalue weighted by molar-refractivity contribution is 6.10. The second-order valence-electron chi connectivity index (χ2n) is 6.12. The molecule has 7 heteroatoms. The fourth-order valence-corrected chi connectivity index (χ4v) is 3.23. The van der Waals surface area contributed by atoms with Gasteiger partial charge in [0, 0.05) is 0 Å². The third-order valence-corrected chi connectivity index (χ3v) is 4.55. The first kappa shape index (κ1) is 16.4. The minimum atomic E-state index is -0.188. The maximum Gasteiger partial charge on any atom is 0.308 e. The molecular formula is C17H21N3O4. The van der Waals surface area contributed by atoms with Crippen molar-refractivity contribution in [3.63, 3.8) is 0 Å². The van der Waals surface area contributed by atoms with Crippen molar-refractivity contribution in [2.24, 2.45) is 5.92 Å². The van der Waals surface area contributed by atoms with Crippen molar-refractivity contribution >= 4 is 29.2 Å². The highest BCUT2D eigenvalue weighted by Gasteiger charge is 2.30. The molecule has 0 spiro atoms. The molecule has 1 aromatic rings. The van der Waals surface area contributed by atoms with Gasteiger partial charge in [-0.2, -0.15) is 0 Å². The molecule has 24 heavy (non-hydrogen) atoms. The van der Waals surface area contributed by atoms with Crippen molar-refractivity contribution in [2.45, 2.75) is 12.8 Å². The summed E-state index contributed by atoms with van der Waals surface area (Å²) in [6.45, 7) is 1.63. The summed E-state index contributed by atoms with van der Waals surface area (Å²) < 4.78 is 4.78. The summed E-state index contributed by atoms with van der Waals surface area (Å²) in [5.74, 6) is -0.550. The van der Waals surface area contributed by atoms with E-state index in [1.165, 1.54) is 12.0 Å². The van der Waals surface area contributed by atoms with E-state index in [1.54, 1.807) is 6.07 Å². The summed E-state index contributed by atoms with van der Waals surface area (Å²) in [6, 6.07) is 7.29. The second-order valence-corrected chi connectivity index (χ2v) is 6.12. The van der Waals surface area contributed by atoms with Crippen LogP contribution in [0.1, 0.15) is 12.8 Å². The van der Waals surface area contributed by atoms with E-state index in [4.69, 9.17) is 4.74 Å². The van der Waals surface area contributed by atoms with Crippen LogP contribution in [-0.2, 0) is 19.1 Å². The van der Waals surface area contributed by atoms with Crippen LogP contribution in [0.5, 0.6) is 0 Å². The predicted molar refractivity (Wildman–Crippen MR) is 88.6 cm³/mol. The van der Waals surface area contributed by atoms with Crippen LogP contribution < -0.4 is 10.2 Å². The van der Waals surface area contributed by atoms with E-state index < -0.39 is 0 Å². The molecule has 0 aliphatic carbocycles. The number of nitrogens with one attached hydrogen (secondary N) is 1. The number of likely N-dealkylation sites (tertiary alicyclic amines) is 1. The van der Waals surface area contributed by atoms with Crippen LogP contribution in [0.2, 0.25) is 0 Å². The Bertz CT molecular complexity index is 653. The minimum absolute atomic E-state index is 0.0362. The molecule has 0 radical (unpaired) electrons. The number of benzene rings is 1. The van der Waals surface area contributed by atoms with Gasteiger partial charge in [-0.15, -0.1) is 0 Å². The number of fused-ring (bicyclic) bond motifs is 1. The molecule has 2 amide bonds. The average Bonchev–Trinajstić information content (AvgIpc) is 2.60. The molecule has 2 heterocycles. The summed E-state index contributed by atoms with van der Waals surface area (Å²) in [5.41, 5.74) is 1.39. The van der Waals surface area contributed by atoms with E-state index in [0.717, 1.165) is 5.69 Å². The van der Waals surface area contributed by atoms with Crippen LogP contribution in [0.25, 0.3) is 0 Å².